The Labute approximate surface area is 143 Å². The molecule has 24 heavy (non-hydrogen) atoms. The third-order valence-electron chi connectivity index (χ3n) is 4.07. The average molecular weight is 335 g/mol. The quantitative estimate of drug-likeness (QED) is 0.719. The van der Waals surface area contributed by atoms with Gasteiger partial charge >= 0.3 is 0 Å². The van der Waals surface area contributed by atoms with Crippen LogP contribution in [-0.2, 0) is 6.67 Å². The van der Waals surface area contributed by atoms with Gasteiger partial charge in [-0.05, 0) is 30.7 Å². The molecule has 0 N–H and O–H groups in total. The molecule has 0 spiro atoms. The van der Waals surface area contributed by atoms with Crippen molar-refractivity contribution in [1.29, 1.82) is 0 Å². The van der Waals surface area contributed by atoms with Crippen molar-refractivity contribution in [3.8, 4) is 0 Å². The summed E-state index contributed by atoms with van der Waals surface area (Å²) in [4.78, 5) is 20.2. The Morgan fingerprint density at radius 1 is 1.08 bits per heavy atom. The Kier molecular flexibility index (Phi) is 3.78. The fraction of sp³-hybridized carbons (Fsp3) is 0.158. The highest BCUT2D eigenvalue weighted by Crippen LogP contribution is 2.16. The molecule has 0 saturated heterocycles. The Balaban J connectivity index is 1.71. The van der Waals surface area contributed by atoms with Crippen molar-refractivity contribution in [1.82, 2.24) is 4.57 Å². The third kappa shape index (κ3) is 2.78. The molecule has 3 aromatic rings. The lowest BCUT2D eigenvalue weighted by atomic mass is 10.2. The average Bonchev–Trinajstić information content (AvgIpc) is 2.92. The molecule has 4 rings (SSSR count). The highest BCUT2D eigenvalue weighted by molar-refractivity contribution is 7.07. The van der Waals surface area contributed by atoms with Crippen LogP contribution in [0.2, 0.25) is 0 Å². The van der Waals surface area contributed by atoms with Gasteiger partial charge in [0.1, 0.15) is 13.3 Å². The van der Waals surface area contributed by atoms with E-state index in [1.807, 2.05) is 36.4 Å². The van der Waals surface area contributed by atoms with Crippen molar-refractivity contribution in [2.45, 2.75) is 13.6 Å². The summed E-state index contributed by atoms with van der Waals surface area (Å²) >= 11 is 1.46. The largest absolute Gasteiger partial charge is 0.334 e. The lowest BCUT2D eigenvalue weighted by molar-refractivity contribution is 0.569. The molecule has 1 aliphatic heterocycles. The first-order valence-electron chi connectivity index (χ1n) is 7.83. The van der Waals surface area contributed by atoms with Crippen molar-refractivity contribution < 1.29 is 0 Å². The van der Waals surface area contributed by atoms with E-state index in [2.05, 4.69) is 41.1 Å². The standard InChI is InChI=1S/C19H17N3OS/c1-14-7-9-16(10-8-14)21-12-20-19-22(13-21)18(23)17(24-19)11-15-5-3-2-4-6-15/h2-11H,12-13H2,1H3/b17-11-. The topological polar surface area (TPSA) is 37.6 Å². The van der Waals surface area contributed by atoms with Crippen LogP contribution in [0.25, 0.3) is 6.08 Å². The van der Waals surface area contributed by atoms with Crippen LogP contribution < -0.4 is 19.8 Å². The summed E-state index contributed by atoms with van der Waals surface area (Å²) < 4.78 is 2.48. The zero-order valence-corrected chi connectivity index (χ0v) is 14.2. The Hall–Kier alpha value is -2.66. The van der Waals surface area contributed by atoms with Crippen molar-refractivity contribution in [2.75, 3.05) is 11.6 Å². The summed E-state index contributed by atoms with van der Waals surface area (Å²) in [5.41, 5.74) is 3.37. The van der Waals surface area contributed by atoms with Gasteiger partial charge in [0.15, 0.2) is 4.80 Å². The minimum atomic E-state index is 0.0272. The smallest absolute Gasteiger partial charge is 0.271 e. The number of hydrogen-bond donors (Lipinski definition) is 0. The van der Waals surface area contributed by atoms with E-state index in [-0.39, 0.29) is 5.56 Å². The zero-order valence-electron chi connectivity index (χ0n) is 13.3. The van der Waals surface area contributed by atoms with Crippen LogP contribution in [0.5, 0.6) is 0 Å². The van der Waals surface area contributed by atoms with Gasteiger partial charge in [0.05, 0.1) is 4.53 Å². The lowest BCUT2D eigenvalue weighted by Gasteiger charge is -2.25. The van der Waals surface area contributed by atoms with Gasteiger partial charge in [-0.2, -0.15) is 0 Å². The van der Waals surface area contributed by atoms with Gasteiger partial charge < -0.3 is 4.90 Å². The maximum absolute atomic E-state index is 12.7. The summed E-state index contributed by atoms with van der Waals surface area (Å²) in [5.74, 6) is 0. The molecule has 120 valence electrons. The number of thiazole rings is 1. The van der Waals surface area contributed by atoms with Crippen LogP contribution in [0.1, 0.15) is 11.1 Å². The highest BCUT2D eigenvalue weighted by atomic mass is 32.1. The van der Waals surface area contributed by atoms with Gasteiger partial charge in [-0.3, -0.25) is 9.36 Å². The molecule has 0 bridgehead atoms. The molecular formula is C19H17N3OS. The van der Waals surface area contributed by atoms with Gasteiger partial charge in [0.25, 0.3) is 5.56 Å². The number of anilines is 1. The number of nitrogens with zero attached hydrogens (tertiary/aromatic N) is 3. The third-order valence-corrected chi connectivity index (χ3v) is 5.12. The second kappa shape index (κ2) is 6.09. The van der Waals surface area contributed by atoms with E-state index < -0.39 is 0 Å². The van der Waals surface area contributed by atoms with Gasteiger partial charge in [-0.25, -0.2) is 4.99 Å². The molecule has 1 aliphatic rings. The maximum atomic E-state index is 12.7. The predicted octanol–water partition coefficient (Wildman–Crippen LogP) is 2.10. The van der Waals surface area contributed by atoms with Crippen LogP contribution in [0.3, 0.4) is 0 Å². The number of aryl methyl sites for hydroxylation is 1. The fourth-order valence-electron chi connectivity index (χ4n) is 2.73. The SMILES string of the molecule is Cc1ccc(N2CN=c3s/c(=C\c4ccccc4)c(=O)n3C2)cc1. The van der Waals surface area contributed by atoms with Crippen LogP contribution in [-0.4, -0.2) is 11.2 Å². The number of benzene rings is 2. The van der Waals surface area contributed by atoms with Crippen LogP contribution >= 0.6 is 11.3 Å². The van der Waals surface area contributed by atoms with Crippen molar-refractivity contribution in [3.63, 3.8) is 0 Å². The molecule has 0 unspecified atom stereocenters. The summed E-state index contributed by atoms with van der Waals surface area (Å²) in [6.07, 6.45) is 1.93. The number of hydrogen-bond acceptors (Lipinski definition) is 4. The Morgan fingerprint density at radius 3 is 2.58 bits per heavy atom. The predicted molar refractivity (Wildman–Crippen MR) is 97.9 cm³/mol. The van der Waals surface area contributed by atoms with Gasteiger partial charge in [0.2, 0.25) is 0 Å². The first kappa shape index (κ1) is 14.9. The first-order valence-corrected chi connectivity index (χ1v) is 8.65. The fourth-order valence-corrected chi connectivity index (χ4v) is 3.69. The van der Waals surface area contributed by atoms with Crippen LogP contribution in [0, 0.1) is 6.92 Å². The van der Waals surface area contributed by atoms with Gasteiger partial charge in [-0.15, -0.1) is 0 Å². The molecular weight excluding hydrogens is 318 g/mol. The summed E-state index contributed by atoms with van der Waals surface area (Å²) in [5, 5.41) is 0. The first-order chi connectivity index (χ1) is 11.7. The van der Waals surface area contributed by atoms with Crippen LogP contribution in [0.4, 0.5) is 5.69 Å². The molecule has 4 nitrogen and oxygen atoms in total. The summed E-state index contributed by atoms with van der Waals surface area (Å²) in [6, 6.07) is 18.2. The summed E-state index contributed by atoms with van der Waals surface area (Å²) in [6.45, 7) is 3.19. The second-order valence-electron chi connectivity index (χ2n) is 5.85. The maximum Gasteiger partial charge on any atom is 0.271 e. The van der Waals surface area contributed by atoms with Crippen molar-refractivity contribution >= 4 is 23.1 Å². The molecule has 0 aliphatic carbocycles. The van der Waals surface area contributed by atoms with E-state index in [1.54, 1.807) is 4.57 Å². The molecule has 2 heterocycles. The number of rotatable bonds is 2. The van der Waals surface area contributed by atoms with E-state index >= 15 is 0 Å². The highest BCUT2D eigenvalue weighted by Gasteiger charge is 2.15. The van der Waals surface area contributed by atoms with E-state index in [4.69, 9.17) is 0 Å². The van der Waals surface area contributed by atoms with E-state index in [1.165, 1.54) is 16.9 Å². The Bertz CT molecular complexity index is 1030. The lowest BCUT2D eigenvalue weighted by Crippen LogP contribution is -2.42. The molecule has 5 heteroatoms. The molecule has 0 amide bonds. The summed E-state index contributed by atoms with van der Waals surface area (Å²) in [7, 11) is 0. The van der Waals surface area contributed by atoms with E-state index in [0.717, 1.165) is 20.6 Å². The van der Waals surface area contributed by atoms with Crippen LogP contribution in [0.15, 0.2) is 64.4 Å². The second-order valence-corrected chi connectivity index (χ2v) is 6.86. The minimum Gasteiger partial charge on any atom is -0.334 e. The molecule has 2 aromatic carbocycles. The van der Waals surface area contributed by atoms with Gasteiger partial charge in [-0.1, -0.05) is 59.4 Å². The monoisotopic (exact) mass is 335 g/mol. The van der Waals surface area contributed by atoms with Crippen molar-refractivity contribution in [2.24, 2.45) is 4.99 Å². The molecule has 0 saturated carbocycles. The van der Waals surface area contributed by atoms with E-state index in [9.17, 15) is 4.79 Å². The number of fused-ring (bicyclic) bond motifs is 1. The number of aromatic nitrogens is 1. The van der Waals surface area contributed by atoms with Gasteiger partial charge in [0, 0.05) is 5.69 Å². The molecule has 0 radical (unpaired) electrons. The molecule has 1 aromatic heterocycles. The normalized spacial score (nSPS) is 14.4. The minimum absolute atomic E-state index is 0.0272. The molecule has 0 fully saturated rings. The van der Waals surface area contributed by atoms with Crippen molar-refractivity contribution in [3.05, 3.63) is 85.4 Å². The zero-order chi connectivity index (χ0) is 16.5. The van der Waals surface area contributed by atoms with E-state index in [0.29, 0.717) is 13.3 Å². The molecule has 0 atom stereocenters. The Morgan fingerprint density at radius 2 is 1.83 bits per heavy atom.